The van der Waals surface area contributed by atoms with E-state index < -0.39 is 6.10 Å². The molecule has 2 heteroatoms. The van der Waals surface area contributed by atoms with Crippen LogP contribution in [0.25, 0.3) is 0 Å². The van der Waals surface area contributed by atoms with E-state index in [2.05, 4.69) is 20.1 Å². The molecule has 1 spiro atoms. The highest BCUT2D eigenvalue weighted by molar-refractivity contribution is 5.88. The molecule has 2 nitrogen and oxygen atoms in total. The van der Waals surface area contributed by atoms with Gasteiger partial charge < -0.3 is 5.11 Å². The molecular weight excluding hydrogens is 212 g/mol. The third-order valence-electron chi connectivity index (χ3n) is 4.95. The highest BCUT2D eigenvalue weighted by Crippen LogP contribution is 2.56. The van der Waals surface area contributed by atoms with Crippen LogP contribution in [-0.4, -0.2) is 17.0 Å². The molecule has 0 aromatic carbocycles. The van der Waals surface area contributed by atoms with Gasteiger partial charge in [0, 0.05) is 11.3 Å². The average Bonchev–Trinajstić information content (AvgIpc) is 2.48. The summed E-state index contributed by atoms with van der Waals surface area (Å²) in [7, 11) is 0. The lowest BCUT2D eigenvalue weighted by molar-refractivity contribution is -0.127. The quantitative estimate of drug-likeness (QED) is 0.708. The maximum atomic E-state index is 11.9. The van der Waals surface area contributed by atoms with Gasteiger partial charge in [-0.25, -0.2) is 0 Å². The number of ketones is 1. The molecule has 2 fully saturated rings. The fourth-order valence-corrected chi connectivity index (χ4v) is 3.60. The molecule has 94 valence electrons. The Morgan fingerprint density at radius 1 is 1.47 bits per heavy atom. The van der Waals surface area contributed by atoms with Gasteiger partial charge in [-0.3, -0.25) is 4.79 Å². The third kappa shape index (κ3) is 1.79. The molecule has 2 rings (SSSR count). The molecule has 2 aliphatic rings. The molecular formula is C15H22O2. The topological polar surface area (TPSA) is 37.3 Å². The van der Waals surface area contributed by atoms with Crippen LogP contribution in [0.3, 0.4) is 0 Å². The molecule has 0 amide bonds. The van der Waals surface area contributed by atoms with Gasteiger partial charge in [0.05, 0.1) is 0 Å². The lowest BCUT2D eigenvalue weighted by atomic mass is 9.61. The van der Waals surface area contributed by atoms with Gasteiger partial charge in [-0.15, -0.1) is 0 Å². The van der Waals surface area contributed by atoms with Crippen molar-refractivity contribution in [3.8, 4) is 0 Å². The minimum atomic E-state index is -0.786. The number of hydrogen-bond acceptors (Lipinski definition) is 2. The van der Waals surface area contributed by atoms with Gasteiger partial charge in [-0.05, 0) is 38.5 Å². The number of aliphatic hydroxyl groups excluding tert-OH is 1. The third-order valence-corrected chi connectivity index (χ3v) is 4.95. The largest absolute Gasteiger partial charge is 0.385 e. The summed E-state index contributed by atoms with van der Waals surface area (Å²) < 4.78 is 0. The normalized spacial score (nSPS) is 42.2. The first-order chi connectivity index (χ1) is 7.88. The molecule has 0 aromatic heterocycles. The van der Waals surface area contributed by atoms with Crippen LogP contribution in [-0.2, 0) is 4.79 Å². The first-order valence-electron chi connectivity index (χ1n) is 6.44. The Balaban J connectivity index is 2.31. The van der Waals surface area contributed by atoms with E-state index in [0.717, 1.165) is 24.8 Å². The Bertz CT molecular complexity index is 382. The van der Waals surface area contributed by atoms with E-state index in [-0.39, 0.29) is 17.1 Å². The molecule has 0 aromatic rings. The number of carbonyl (C=O) groups excluding carboxylic acids is 1. The number of aliphatic hydroxyl groups is 1. The zero-order chi connectivity index (χ0) is 12.8. The Morgan fingerprint density at radius 2 is 2.12 bits per heavy atom. The molecule has 1 N–H and O–H groups in total. The van der Waals surface area contributed by atoms with Gasteiger partial charge in [0.15, 0.2) is 5.78 Å². The summed E-state index contributed by atoms with van der Waals surface area (Å²) in [5.74, 6) is 0.377. The summed E-state index contributed by atoms with van der Waals surface area (Å²) in [6.07, 6.45) is 2.76. The Morgan fingerprint density at radius 3 is 2.59 bits per heavy atom. The monoisotopic (exact) mass is 234 g/mol. The van der Waals surface area contributed by atoms with E-state index in [9.17, 15) is 9.90 Å². The van der Waals surface area contributed by atoms with E-state index in [1.165, 1.54) is 5.57 Å². The van der Waals surface area contributed by atoms with Crippen molar-refractivity contribution >= 4 is 5.78 Å². The summed E-state index contributed by atoms with van der Waals surface area (Å²) in [5.41, 5.74) is 2.18. The molecule has 0 radical (unpaired) electrons. The summed E-state index contributed by atoms with van der Waals surface area (Å²) in [6, 6.07) is 0. The van der Waals surface area contributed by atoms with Gasteiger partial charge >= 0.3 is 0 Å². The SMILES string of the molecule is C=C(C)[C@H]1CCC(=C)[C@@]2(C1)C[C@H](O)C(=O)[C@@H]2C. The van der Waals surface area contributed by atoms with Crippen LogP contribution in [0.5, 0.6) is 0 Å². The van der Waals surface area contributed by atoms with Crippen molar-refractivity contribution in [2.24, 2.45) is 17.3 Å². The van der Waals surface area contributed by atoms with E-state index in [0.29, 0.717) is 12.3 Å². The van der Waals surface area contributed by atoms with Gasteiger partial charge in [0.25, 0.3) is 0 Å². The van der Waals surface area contributed by atoms with Crippen molar-refractivity contribution in [2.75, 3.05) is 0 Å². The van der Waals surface area contributed by atoms with Gasteiger partial charge in [-0.1, -0.05) is 31.2 Å². The van der Waals surface area contributed by atoms with Crippen LogP contribution in [0.15, 0.2) is 24.3 Å². The zero-order valence-corrected chi connectivity index (χ0v) is 10.8. The van der Waals surface area contributed by atoms with Crippen LogP contribution in [0, 0.1) is 17.3 Å². The van der Waals surface area contributed by atoms with Crippen LogP contribution in [0.4, 0.5) is 0 Å². The number of hydrogen-bond donors (Lipinski definition) is 1. The number of rotatable bonds is 1. The van der Waals surface area contributed by atoms with Gasteiger partial charge in [-0.2, -0.15) is 0 Å². The second-order valence-electron chi connectivity index (χ2n) is 5.89. The van der Waals surface area contributed by atoms with Crippen molar-refractivity contribution in [1.82, 2.24) is 0 Å². The summed E-state index contributed by atoms with van der Waals surface area (Å²) >= 11 is 0. The summed E-state index contributed by atoms with van der Waals surface area (Å²) in [5, 5.41) is 9.82. The van der Waals surface area contributed by atoms with Gasteiger partial charge in [0.1, 0.15) is 6.10 Å². The Hall–Kier alpha value is -0.890. The molecule has 17 heavy (non-hydrogen) atoms. The second kappa shape index (κ2) is 4.09. The standard InChI is InChI=1S/C15H22O2/c1-9(2)12-6-5-10(3)15(7-12)8-13(16)14(17)11(15)4/h11-13,16H,1,3,5-8H2,2,4H3/t11-,12-,13-,15+/m0/s1. The highest BCUT2D eigenvalue weighted by Gasteiger charge is 2.53. The molecule has 4 atom stereocenters. The lowest BCUT2D eigenvalue weighted by Gasteiger charge is -2.43. The molecule has 0 saturated heterocycles. The average molecular weight is 234 g/mol. The number of allylic oxidation sites excluding steroid dienone is 2. The maximum Gasteiger partial charge on any atom is 0.164 e. The van der Waals surface area contributed by atoms with E-state index in [1.54, 1.807) is 0 Å². The number of Topliss-reactive ketones (excluding diaryl/α,β-unsaturated/α-hetero) is 1. The second-order valence-corrected chi connectivity index (χ2v) is 5.89. The van der Waals surface area contributed by atoms with Gasteiger partial charge in [0.2, 0.25) is 0 Å². The molecule has 0 unspecified atom stereocenters. The first-order valence-corrected chi connectivity index (χ1v) is 6.44. The first kappa shape index (κ1) is 12.6. The summed E-state index contributed by atoms with van der Waals surface area (Å²) in [6.45, 7) is 12.2. The van der Waals surface area contributed by atoms with Crippen LogP contribution in [0.2, 0.25) is 0 Å². The Labute approximate surface area is 103 Å². The molecule has 2 aliphatic carbocycles. The number of carbonyl (C=O) groups is 1. The van der Waals surface area contributed by atoms with E-state index >= 15 is 0 Å². The van der Waals surface area contributed by atoms with Crippen molar-refractivity contribution < 1.29 is 9.90 Å². The predicted molar refractivity (Wildman–Crippen MR) is 68.5 cm³/mol. The molecule has 0 bridgehead atoms. The van der Waals surface area contributed by atoms with Crippen molar-refractivity contribution in [3.63, 3.8) is 0 Å². The van der Waals surface area contributed by atoms with Crippen LogP contribution < -0.4 is 0 Å². The predicted octanol–water partition coefficient (Wildman–Crippen LogP) is 2.88. The minimum Gasteiger partial charge on any atom is -0.385 e. The van der Waals surface area contributed by atoms with E-state index in [1.807, 2.05) is 6.92 Å². The fourth-order valence-electron chi connectivity index (χ4n) is 3.60. The summed E-state index contributed by atoms with van der Waals surface area (Å²) in [4.78, 5) is 11.9. The lowest BCUT2D eigenvalue weighted by Crippen LogP contribution is -2.34. The fraction of sp³-hybridized carbons (Fsp3) is 0.667. The highest BCUT2D eigenvalue weighted by atomic mass is 16.3. The zero-order valence-electron chi connectivity index (χ0n) is 10.8. The van der Waals surface area contributed by atoms with Crippen molar-refractivity contribution in [3.05, 3.63) is 24.3 Å². The van der Waals surface area contributed by atoms with Crippen molar-refractivity contribution in [1.29, 1.82) is 0 Å². The molecule has 0 aliphatic heterocycles. The molecule has 0 heterocycles. The smallest absolute Gasteiger partial charge is 0.164 e. The van der Waals surface area contributed by atoms with E-state index in [4.69, 9.17) is 0 Å². The van der Waals surface area contributed by atoms with Crippen LogP contribution in [0.1, 0.15) is 39.5 Å². The minimum absolute atomic E-state index is 0.00600. The maximum absolute atomic E-state index is 11.9. The Kier molecular flexibility index (Phi) is 3.03. The van der Waals surface area contributed by atoms with Crippen molar-refractivity contribution in [2.45, 2.75) is 45.6 Å². The van der Waals surface area contributed by atoms with Crippen LogP contribution >= 0.6 is 0 Å². The molecule has 2 saturated carbocycles.